The van der Waals surface area contributed by atoms with Gasteiger partial charge in [-0.3, -0.25) is 4.78 Å². The Morgan fingerprint density at radius 1 is 1.17 bits per heavy atom. The molecule has 0 aliphatic carbocycles. The number of hydrogen-bond acceptors (Lipinski definition) is 2. The summed E-state index contributed by atoms with van der Waals surface area (Å²) in [5.41, 5.74) is 0. The van der Waals surface area contributed by atoms with Gasteiger partial charge in [-0.15, -0.1) is 0 Å². The predicted octanol–water partition coefficient (Wildman–Crippen LogP) is 2.74. The molecule has 0 radical (unpaired) electrons. The molecule has 0 saturated heterocycles. The van der Waals surface area contributed by atoms with Gasteiger partial charge in [0.15, 0.2) is 0 Å². The lowest BCUT2D eigenvalue weighted by atomic mass is 10.2. The Labute approximate surface area is 76.7 Å². The quantitative estimate of drug-likeness (QED) is 0.713. The van der Waals surface area contributed by atoms with Gasteiger partial charge in [0.05, 0.1) is 0 Å². The Bertz CT molecular complexity index is 205. The van der Waals surface area contributed by atoms with Crippen LogP contribution >= 0.6 is 0 Å². The third-order valence-corrected chi connectivity index (χ3v) is 3.73. The molecule has 0 amide bonds. The fraction of sp³-hybridized carbons (Fsp3) is 1.00. The van der Waals surface area contributed by atoms with Crippen LogP contribution in [0.4, 0.5) is 0 Å². The molecule has 12 heavy (non-hydrogen) atoms. The summed E-state index contributed by atoms with van der Waals surface area (Å²) in [5, 5.41) is 0. The molecular formula is C9H21NOS. The van der Waals surface area contributed by atoms with Gasteiger partial charge >= 0.3 is 0 Å². The molecule has 74 valence electrons. The molecule has 0 unspecified atom stereocenters. The third kappa shape index (κ3) is 6.65. The first-order valence-electron chi connectivity index (χ1n) is 4.57. The lowest BCUT2D eigenvalue weighted by molar-refractivity contribution is 0.609. The molecule has 0 aliphatic heterocycles. The van der Waals surface area contributed by atoms with Crippen molar-refractivity contribution in [3.8, 4) is 0 Å². The zero-order valence-electron chi connectivity index (χ0n) is 8.59. The summed E-state index contributed by atoms with van der Waals surface area (Å²) in [4.78, 5) is 0. The van der Waals surface area contributed by atoms with E-state index in [1.165, 1.54) is 0 Å². The van der Waals surface area contributed by atoms with Gasteiger partial charge in [-0.05, 0) is 18.3 Å². The maximum absolute atomic E-state index is 11.6. The zero-order chi connectivity index (χ0) is 9.78. The molecule has 0 rings (SSSR count). The molecule has 0 spiro atoms. The second-order valence-electron chi connectivity index (χ2n) is 4.26. The Kier molecular flexibility index (Phi) is 4.83. The number of rotatable bonds is 5. The minimum Gasteiger partial charge on any atom is -0.253 e. The molecule has 0 fully saturated rings. The van der Waals surface area contributed by atoms with Crippen LogP contribution in [0.3, 0.4) is 0 Å². The van der Waals surface area contributed by atoms with Crippen LogP contribution in [0.25, 0.3) is 0 Å². The molecular weight excluding hydrogens is 170 g/mol. The van der Waals surface area contributed by atoms with Crippen LogP contribution < -0.4 is 0 Å². The van der Waals surface area contributed by atoms with Crippen molar-refractivity contribution in [1.29, 1.82) is 4.78 Å². The first kappa shape index (κ1) is 11.9. The Hall–Kier alpha value is -0.0500. The van der Waals surface area contributed by atoms with E-state index in [0.29, 0.717) is 23.3 Å². The Balaban J connectivity index is 3.89. The van der Waals surface area contributed by atoms with Gasteiger partial charge in [0, 0.05) is 21.2 Å². The standard InChI is InChI=1S/C9H21NOS/c1-8(2)5-6-12(10,11)7-9(3)4/h8-10H,5-7H2,1-4H3/t12-/m0/s1. The van der Waals surface area contributed by atoms with Crippen molar-refractivity contribution >= 4 is 9.73 Å². The van der Waals surface area contributed by atoms with Crippen LogP contribution in [-0.2, 0) is 9.73 Å². The normalized spacial score (nSPS) is 16.8. The van der Waals surface area contributed by atoms with Gasteiger partial charge in [-0.2, -0.15) is 0 Å². The van der Waals surface area contributed by atoms with Crippen molar-refractivity contribution in [2.45, 2.75) is 34.1 Å². The molecule has 3 heteroatoms. The smallest absolute Gasteiger partial charge is 0.0444 e. The van der Waals surface area contributed by atoms with Crippen LogP contribution in [0, 0.1) is 16.6 Å². The van der Waals surface area contributed by atoms with Crippen LogP contribution in [0.5, 0.6) is 0 Å². The summed E-state index contributed by atoms with van der Waals surface area (Å²) < 4.78 is 19.1. The fourth-order valence-corrected chi connectivity index (χ4v) is 3.14. The number of nitrogens with one attached hydrogen (secondary N) is 1. The van der Waals surface area contributed by atoms with Crippen molar-refractivity contribution in [3.63, 3.8) is 0 Å². The summed E-state index contributed by atoms with van der Waals surface area (Å²) in [6.07, 6.45) is 0.912. The van der Waals surface area contributed by atoms with E-state index in [9.17, 15) is 4.21 Å². The van der Waals surface area contributed by atoms with Crippen LogP contribution in [0.2, 0.25) is 0 Å². The van der Waals surface area contributed by atoms with E-state index in [2.05, 4.69) is 13.8 Å². The van der Waals surface area contributed by atoms with Crippen molar-refractivity contribution in [3.05, 3.63) is 0 Å². The highest BCUT2D eigenvalue weighted by atomic mass is 32.2. The highest BCUT2D eigenvalue weighted by molar-refractivity contribution is 7.92. The summed E-state index contributed by atoms with van der Waals surface area (Å²) >= 11 is 0. The van der Waals surface area contributed by atoms with Crippen molar-refractivity contribution in [2.24, 2.45) is 11.8 Å². The monoisotopic (exact) mass is 191 g/mol. The fourth-order valence-electron chi connectivity index (χ4n) is 1.05. The SMILES string of the molecule is CC(C)CC[S@](=N)(=O)CC(C)C. The lowest BCUT2D eigenvalue weighted by Crippen LogP contribution is -2.15. The zero-order valence-corrected chi connectivity index (χ0v) is 9.41. The Morgan fingerprint density at radius 2 is 1.67 bits per heavy atom. The van der Waals surface area contributed by atoms with E-state index in [1.807, 2.05) is 13.8 Å². The largest absolute Gasteiger partial charge is 0.253 e. The van der Waals surface area contributed by atoms with Crippen molar-refractivity contribution in [1.82, 2.24) is 0 Å². The molecule has 0 aromatic heterocycles. The van der Waals surface area contributed by atoms with Gasteiger partial charge in [0.2, 0.25) is 0 Å². The van der Waals surface area contributed by atoms with E-state index in [-0.39, 0.29) is 0 Å². The topological polar surface area (TPSA) is 40.9 Å². The van der Waals surface area contributed by atoms with E-state index < -0.39 is 9.73 Å². The first-order chi connectivity index (χ1) is 5.33. The highest BCUT2D eigenvalue weighted by Gasteiger charge is 2.09. The molecule has 1 N–H and O–H groups in total. The van der Waals surface area contributed by atoms with Gasteiger partial charge in [-0.1, -0.05) is 27.7 Å². The summed E-state index contributed by atoms with van der Waals surface area (Å²) in [6, 6.07) is 0. The molecule has 0 aromatic rings. The Morgan fingerprint density at radius 3 is 2.00 bits per heavy atom. The van der Waals surface area contributed by atoms with Crippen LogP contribution in [-0.4, -0.2) is 15.7 Å². The predicted molar refractivity (Wildman–Crippen MR) is 54.9 cm³/mol. The first-order valence-corrected chi connectivity index (χ1v) is 6.47. The van der Waals surface area contributed by atoms with Crippen molar-refractivity contribution in [2.75, 3.05) is 11.5 Å². The minimum atomic E-state index is -2.28. The van der Waals surface area contributed by atoms with E-state index in [1.54, 1.807) is 0 Å². The summed E-state index contributed by atoms with van der Waals surface area (Å²) in [7, 11) is -2.28. The van der Waals surface area contributed by atoms with E-state index >= 15 is 0 Å². The third-order valence-electron chi connectivity index (χ3n) is 1.63. The van der Waals surface area contributed by atoms with Gasteiger partial charge in [0.1, 0.15) is 0 Å². The molecule has 0 saturated carbocycles. The highest BCUT2D eigenvalue weighted by Crippen LogP contribution is 2.07. The van der Waals surface area contributed by atoms with Crippen LogP contribution in [0.15, 0.2) is 0 Å². The van der Waals surface area contributed by atoms with E-state index in [0.717, 1.165) is 6.42 Å². The summed E-state index contributed by atoms with van der Waals surface area (Å²) in [5.74, 6) is 2.06. The van der Waals surface area contributed by atoms with Gasteiger partial charge in [0.25, 0.3) is 0 Å². The van der Waals surface area contributed by atoms with Crippen LogP contribution in [0.1, 0.15) is 34.1 Å². The average molecular weight is 191 g/mol. The summed E-state index contributed by atoms with van der Waals surface area (Å²) in [6.45, 7) is 8.24. The number of hydrogen-bond donors (Lipinski definition) is 1. The molecule has 2 nitrogen and oxygen atoms in total. The molecule has 0 bridgehead atoms. The maximum Gasteiger partial charge on any atom is 0.0444 e. The maximum atomic E-state index is 11.6. The van der Waals surface area contributed by atoms with Crippen molar-refractivity contribution < 1.29 is 4.21 Å². The van der Waals surface area contributed by atoms with E-state index in [4.69, 9.17) is 4.78 Å². The lowest BCUT2D eigenvalue weighted by Gasteiger charge is -2.10. The molecule has 0 aliphatic rings. The minimum absolute atomic E-state index is 0.377. The van der Waals surface area contributed by atoms with Gasteiger partial charge < -0.3 is 0 Å². The molecule has 0 aromatic carbocycles. The molecule has 0 heterocycles. The average Bonchev–Trinajstić information content (AvgIpc) is 1.81. The second-order valence-corrected chi connectivity index (χ2v) is 6.62. The van der Waals surface area contributed by atoms with Gasteiger partial charge in [-0.25, -0.2) is 4.21 Å². The molecule has 1 atom stereocenters. The second kappa shape index (κ2) is 4.85.